The molecule has 0 aromatic heterocycles. The number of piperidine rings is 1. The van der Waals surface area contributed by atoms with Gasteiger partial charge in [0, 0.05) is 24.8 Å². The lowest BCUT2D eigenvalue weighted by Gasteiger charge is -2.35. The number of aliphatic hydroxyl groups excluding tert-OH is 1. The molecule has 2 fully saturated rings. The van der Waals surface area contributed by atoms with Crippen LogP contribution in [0.1, 0.15) is 38.5 Å². The first-order chi connectivity index (χ1) is 13.7. The van der Waals surface area contributed by atoms with E-state index in [0.29, 0.717) is 0 Å². The predicted molar refractivity (Wildman–Crippen MR) is 113 cm³/mol. The van der Waals surface area contributed by atoms with Gasteiger partial charge in [-0.05, 0) is 61.8 Å². The normalized spacial score (nSPS) is 25.3. The van der Waals surface area contributed by atoms with Crippen LogP contribution >= 0.6 is 0 Å². The summed E-state index contributed by atoms with van der Waals surface area (Å²) in [5.41, 5.74) is 3.63. The third-order valence-corrected chi connectivity index (χ3v) is 6.17. The van der Waals surface area contributed by atoms with E-state index in [9.17, 15) is 9.90 Å². The number of aliphatic hydroxyl groups is 1. The maximum absolute atomic E-state index is 12.8. The molecule has 148 valence electrons. The van der Waals surface area contributed by atoms with E-state index in [1.165, 1.54) is 16.8 Å². The molecule has 28 heavy (non-hydrogen) atoms. The van der Waals surface area contributed by atoms with Crippen molar-refractivity contribution >= 4 is 11.6 Å². The third kappa shape index (κ3) is 4.56. The molecule has 1 saturated carbocycles. The lowest BCUT2D eigenvalue weighted by atomic mass is 9.91. The Balaban J connectivity index is 1.36. The third-order valence-electron chi connectivity index (χ3n) is 6.17. The number of carbonyl (C=O) groups is 1. The Labute approximate surface area is 167 Å². The van der Waals surface area contributed by atoms with Gasteiger partial charge in [-0.25, -0.2) is 0 Å². The van der Waals surface area contributed by atoms with Crippen LogP contribution in [0.3, 0.4) is 0 Å². The number of rotatable bonds is 4. The molecule has 4 nitrogen and oxygen atoms in total. The van der Waals surface area contributed by atoms with Crippen molar-refractivity contribution < 1.29 is 9.90 Å². The van der Waals surface area contributed by atoms with E-state index < -0.39 is 0 Å². The van der Waals surface area contributed by atoms with Gasteiger partial charge in [-0.3, -0.25) is 4.79 Å². The molecular formula is C24H30N2O2. The molecule has 2 aromatic rings. The van der Waals surface area contributed by atoms with E-state index >= 15 is 0 Å². The number of amides is 1. The number of benzene rings is 2. The van der Waals surface area contributed by atoms with Gasteiger partial charge in [-0.2, -0.15) is 0 Å². The van der Waals surface area contributed by atoms with Crippen LogP contribution in [0, 0.1) is 5.92 Å². The first-order valence-corrected chi connectivity index (χ1v) is 10.6. The highest BCUT2D eigenvalue weighted by Gasteiger charge is 2.28. The Morgan fingerprint density at radius 2 is 1.57 bits per heavy atom. The van der Waals surface area contributed by atoms with Gasteiger partial charge in [0.2, 0.25) is 5.91 Å². The second-order valence-corrected chi connectivity index (χ2v) is 8.21. The highest BCUT2D eigenvalue weighted by atomic mass is 16.3. The summed E-state index contributed by atoms with van der Waals surface area (Å²) in [7, 11) is 0. The summed E-state index contributed by atoms with van der Waals surface area (Å²) in [5.74, 6) is 0.237. The molecule has 0 spiro atoms. The van der Waals surface area contributed by atoms with Crippen molar-refractivity contribution in [3.8, 4) is 11.1 Å². The monoisotopic (exact) mass is 378 g/mol. The van der Waals surface area contributed by atoms with Gasteiger partial charge in [0.25, 0.3) is 0 Å². The van der Waals surface area contributed by atoms with E-state index in [-0.39, 0.29) is 24.0 Å². The van der Waals surface area contributed by atoms with Crippen molar-refractivity contribution in [3.05, 3.63) is 54.6 Å². The lowest BCUT2D eigenvalue weighted by Crippen LogP contribution is -2.47. The van der Waals surface area contributed by atoms with Crippen LogP contribution in [0.15, 0.2) is 54.6 Å². The Bertz CT molecular complexity index is 767. The summed E-state index contributed by atoms with van der Waals surface area (Å²) >= 11 is 0. The molecular weight excluding hydrogens is 348 g/mol. The second-order valence-electron chi connectivity index (χ2n) is 8.21. The van der Waals surface area contributed by atoms with Crippen LogP contribution in [0.2, 0.25) is 0 Å². The van der Waals surface area contributed by atoms with E-state index in [1.54, 1.807) is 0 Å². The average Bonchev–Trinajstić information content (AvgIpc) is 2.76. The summed E-state index contributed by atoms with van der Waals surface area (Å²) in [6.45, 7) is 1.79. The molecule has 1 heterocycles. The van der Waals surface area contributed by atoms with Crippen LogP contribution in [0.4, 0.5) is 5.69 Å². The zero-order valence-corrected chi connectivity index (χ0v) is 16.4. The Kier molecular flexibility index (Phi) is 5.96. The van der Waals surface area contributed by atoms with Crippen LogP contribution < -0.4 is 10.2 Å². The van der Waals surface area contributed by atoms with E-state index in [4.69, 9.17) is 0 Å². The minimum atomic E-state index is -0.183. The minimum absolute atomic E-state index is 0.0504. The van der Waals surface area contributed by atoms with Crippen molar-refractivity contribution in [2.75, 3.05) is 18.0 Å². The molecule has 2 aliphatic rings. The van der Waals surface area contributed by atoms with Crippen LogP contribution in [-0.2, 0) is 4.79 Å². The molecule has 1 amide bonds. The number of carbonyl (C=O) groups excluding carboxylic acids is 1. The van der Waals surface area contributed by atoms with E-state index in [0.717, 1.165) is 51.6 Å². The first kappa shape index (κ1) is 19.0. The molecule has 4 heteroatoms. The standard InChI is InChI=1S/C24H30N2O2/c27-23-14-10-21(11-15-23)25-24(28)20-7-4-16-26(17-20)22-12-8-19(9-13-22)18-5-2-1-3-6-18/h1-3,5-6,8-9,12-13,20-21,23,27H,4,7,10-11,14-17H2,(H,25,28)/t20-,21?,23?/m0/s1. The number of hydrogen-bond acceptors (Lipinski definition) is 3. The summed E-state index contributed by atoms with van der Waals surface area (Å²) in [4.78, 5) is 15.1. The molecule has 0 unspecified atom stereocenters. The van der Waals surface area contributed by atoms with Crippen LogP contribution in [-0.4, -0.2) is 36.2 Å². The molecule has 1 aliphatic heterocycles. The largest absolute Gasteiger partial charge is 0.393 e. The number of anilines is 1. The van der Waals surface area contributed by atoms with Crippen molar-refractivity contribution in [1.29, 1.82) is 0 Å². The highest BCUT2D eigenvalue weighted by molar-refractivity contribution is 5.80. The molecule has 1 saturated heterocycles. The molecule has 2 aromatic carbocycles. The van der Waals surface area contributed by atoms with Crippen molar-refractivity contribution in [2.24, 2.45) is 5.92 Å². The molecule has 2 N–H and O–H groups in total. The molecule has 1 aliphatic carbocycles. The summed E-state index contributed by atoms with van der Waals surface area (Å²) in [6, 6.07) is 19.3. The zero-order valence-electron chi connectivity index (χ0n) is 16.4. The molecule has 0 bridgehead atoms. The fourth-order valence-electron chi connectivity index (χ4n) is 4.46. The topological polar surface area (TPSA) is 52.6 Å². The number of hydrogen-bond donors (Lipinski definition) is 2. The SMILES string of the molecule is O=C(NC1CCC(O)CC1)[C@H]1CCCN(c2ccc(-c3ccccc3)cc2)C1. The van der Waals surface area contributed by atoms with Gasteiger partial charge in [-0.15, -0.1) is 0 Å². The van der Waals surface area contributed by atoms with E-state index in [1.807, 2.05) is 6.07 Å². The number of nitrogens with zero attached hydrogens (tertiary/aromatic N) is 1. The zero-order chi connectivity index (χ0) is 19.3. The van der Waals surface area contributed by atoms with Crippen molar-refractivity contribution in [2.45, 2.75) is 50.7 Å². The van der Waals surface area contributed by atoms with Crippen LogP contribution in [0.25, 0.3) is 11.1 Å². The maximum atomic E-state index is 12.8. The lowest BCUT2D eigenvalue weighted by molar-refractivity contribution is -0.126. The maximum Gasteiger partial charge on any atom is 0.225 e. The fourth-order valence-corrected chi connectivity index (χ4v) is 4.46. The second kappa shape index (κ2) is 8.78. The predicted octanol–water partition coefficient (Wildman–Crippen LogP) is 3.99. The van der Waals surface area contributed by atoms with Gasteiger partial charge in [-0.1, -0.05) is 42.5 Å². The minimum Gasteiger partial charge on any atom is -0.393 e. The van der Waals surface area contributed by atoms with Crippen molar-refractivity contribution in [3.63, 3.8) is 0 Å². The molecule has 4 rings (SSSR count). The summed E-state index contributed by atoms with van der Waals surface area (Å²) in [6.07, 6.45) is 5.21. The Morgan fingerprint density at radius 3 is 2.29 bits per heavy atom. The smallest absolute Gasteiger partial charge is 0.225 e. The van der Waals surface area contributed by atoms with Gasteiger partial charge in [0.15, 0.2) is 0 Å². The van der Waals surface area contributed by atoms with Gasteiger partial charge >= 0.3 is 0 Å². The summed E-state index contributed by atoms with van der Waals surface area (Å²) in [5, 5.41) is 12.9. The summed E-state index contributed by atoms with van der Waals surface area (Å²) < 4.78 is 0. The number of nitrogens with one attached hydrogen (secondary N) is 1. The first-order valence-electron chi connectivity index (χ1n) is 10.6. The highest BCUT2D eigenvalue weighted by Crippen LogP contribution is 2.27. The van der Waals surface area contributed by atoms with E-state index in [2.05, 4.69) is 58.7 Å². The Morgan fingerprint density at radius 1 is 0.893 bits per heavy atom. The Hall–Kier alpha value is -2.33. The molecule has 0 radical (unpaired) electrons. The molecule has 1 atom stereocenters. The van der Waals surface area contributed by atoms with Gasteiger partial charge < -0.3 is 15.3 Å². The van der Waals surface area contributed by atoms with Crippen LogP contribution in [0.5, 0.6) is 0 Å². The van der Waals surface area contributed by atoms with Crippen molar-refractivity contribution in [1.82, 2.24) is 5.32 Å². The fraction of sp³-hybridized carbons (Fsp3) is 0.458. The quantitative estimate of drug-likeness (QED) is 0.846. The van der Waals surface area contributed by atoms with Gasteiger partial charge in [0.1, 0.15) is 0 Å². The average molecular weight is 379 g/mol. The van der Waals surface area contributed by atoms with Gasteiger partial charge in [0.05, 0.1) is 12.0 Å².